The molecular formula is C5H6N4O. The topological polar surface area (TPSA) is 72.1 Å². The van der Waals surface area contributed by atoms with E-state index in [2.05, 4.69) is 9.97 Å². The lowest BCUT2D eigenvalue weighted by molar-refractivity contribution is -0.107. The highest BCUT2D eigenvalue weighted by molar-refractivity contribution is 5.68. The van der Waals surface area contributed by atoms with Crippen LogP contribution in [-0.4, -0.2) is 16.4 Å². The monoisotopic (exact) mass is 138 g/mol. The Labute approximate surface area is 57.5 Å². The highest BCUT2D eigenvalue weighted by Crippen LogP contribution is 1.94. The Morgan fingerprint density at radius 3 is 2.60 bits per heavy atom. The van der Waals surface area contributed by atoms with Gasteiger partial charge in [0.1, 0.15) is 0 Å². The van der Waals surface area contributed by atoms with Gasteiger partial charge in [-0.05, 0) is 6.07 Å². The van der Waals surface area contributed by atoms with Gasteiger partial charge in [-0.15, -0.1) is 0 Å². The molecule has 5 heteroatoms. The molecule has 0 aromatic carbocycles. The summed E-state index contributed by atoms with van der Waals surface area (Å²) >= 11 is 0. The number of nitrogens with zero attached hydrogens (tertiary/aromatic N) is 3. The second-order valence-electron chi connectivity index (χ2n) is 1.56. The van der Waals surface area contributed by atoms with E-state index in [1.807, 2.05) is 0 Å². The van der Waals surface area contributed by atoms with Crippen LogP contribution < -0.4 is 10.9 Å². The lowest BCUT2D eigenvalue weighted by Crippen LogP contribution is -2.30. The van der Waals surface area contributed by atoms with Crippen molar-refractivity contribution in [3.8, 4) is 0 Å². The summed E-state index contributed by atoms with van der Waals surface area (Å²) in [7, 11) is 0. The normalized spacial score (nSPS) is 8.90. The van der Waals surface area contributed by atoms with Crippen molar-refractivity contribution in [3.05, 3.63) is 18.5 Å². The van der Waals surface area contributed by atoms with Gasteiger partial charge in [-0.3, -0.25) is 4.79 Å². The zero-order chi connectivity index (χ0) is 7.40. The maximum atomic E-state index is 10.0. The van der Waals surface area contributed by atoms with Crippen LogP contribution >= 0.6 is 0 Å². The lowest BCUT2D eigenvalue weighted by atomic mass is 10.7. The number of anilines is 1. The molecule has 0 saturated carbocycles. The molecule has 2 N–H and O–H groups in total. The van der Waals surface area contributed by atoms with E-state index in [1.165, 1.54) is 12.4 Å². The molecule has 0 unspecified atom stereocenters. The van der Waals surface area contributed by atoms with Crippen LogP contribution in [0.2, 0.25) is 0 Å². The van der Waals surface area contributed by atoms with Gasteiger partial charge in [0.15, 0.2) is 0 Å². The molecule has 0 atom stereocenters. The molecule has 0 aliphatic carbocycles. The summed E-state index contributed by atoms with van der Waals surface area (Å²) in [6, 6.07) is 1.64. The molecule has 1 aromatic rings. The molecule has 10 heavy (non-hydrogen) atoms. The standard InChI is InChI=1S/C5H6N4O/c6-9(4-10)5-7-2-1-3-8-5/h1-4H,6H2. The summed E-state index contributed by atoms with van der Waals surface area (Å²) in [5.41, 5.74) is 0. The molecule has 1 amide bonds. The average Bonchev–Trinajstić information content (AvgIpc) is 2.05. The number of amides is 1. The molecule has 1 rings (SSSR count). The molecule has 1 heterocycles. The quantitative estimate of drug-likeness (QED) is 0.254. The fourth-order valence-electron chi connectivity index (χ4n) is 0.472. The molecule has 0 bridgehead atoms. The molecule has 1 aromatic heterocycles. The molecule has 0 saturated heterocycles. The van der Waals surface area contributed by atoms with Crippen LogP contribution in [-0.2, 0) is 4.79 Å². The van der Waals surface area contributed by atoms with Crippen LogP contribution in [0, 0.1) is 0 Å². The molecule has 0 fully saturated rings. The fraction of sp³-hybridized carbons (Fsp3) is 0. The summed E-state index contributed by atoms with van der Waals surface area (Å²) in [6.07, 6.45) is 3.45. The number of hydrogen-bond donors (Lipinski definition) is 1. The molecule has 0 spiro atoms. The minimum Gasteiger partial charge on any atom is -0.277 e. The van der Waals surface area contributed by atoms with E-state index >= 15 is 0 Å². The molecule has 0 aliphatic heterocycles. The van der Waals surface area contributed by atoms with E-state index in [9.17, 15) is 4.79 Å². The number of hydrogen-bond acceptors (Lipinski definition) is 4. The SMILES string of the molecule is NN(C=O)c1ncccn1. The van der Waals surface area contributed by atoms with Gasteiger partial charge in [0, 0.05) is 12.4 Å². The smallest absolute Gasteiger partial charge is 0.246 e. The van der Waals surface area contributed by atoms with Crippen molar-refractivity contribution in [2.75, 3.05) is 5.01 Å². The van der Waals surface area contributed by atoms with Crippen LogP contribution in [0.15, 0.2) is 18.5 Å². The summed E-state index contributed by atoms with van der Waals surface area (Å²) in [4.78, 5) is 17.4. The van der Waals surface area contributed by atoms with Gasteiger partial charge in [-0.1, -0.05) is 0 Å². The molecule has 5 nitrogen and oxygen atoms in total. The van der Waals surface area contributed by atoms with Gasteiger partial charge in [0.25, 0.3) is 0 Å². The maximum absolute atomic E-state index is 10.0. The van der Waals surface area contributed by atoms with E-state index < -0.39 is 0 Å². The number of hydrazine groups is 1. The Morgan fingerprint density at radius 2 is 2.10 bits per heavy atom. The molecule has 0 radical (unpaired) electrons. The predicted molar refractivity (Wildman–Crippen MR) is 34.8 cm³/mol. The number of carbonyl (C=O) groups excluding carboxylic acids is 1. The Balaban J connectivity index is 2.84. The van der Waals surface area contributed by atoms with Crippen molar-refractivity contribution in [1.82, 2.24) is 9.97 Å². The third-order valence-electron chi connectivity index (χ3n) is 0.897. The highest BCUT2D eigenvalue weighted by atomic mass is 16.1. The van der Waals surface area contributed by atoms with E-state index in [4.69, 9.17) is 5.84 Å². The highest BCUT2D eigenvalue weighted by Gasteiger charge is 1.98. The Kier molecular flexibility index (Phi) is 1.91. The molecule has 52 valence electrons. The van der Waals surface area contributed by atoms with E-state index in [1.54, 1.807) is 6.07 Å². The van der Waals surface area contributed by atoms with Crippen molar-refractivity contribution in [3.63, 3.8) is 0 Å². The van der Waals surface area contributed by atoms with Crippen LogP contribution in [0.3, 0.4) is 0 Å². The first-order chi connectivity index (χ1) is 4.84. The lowest BCUT2D eigenvalue weighted by Gasteiger charge is -2.04. The van der Waals surface area contributed by atoms with Gasteiger partial charge >= 0.3 is 0 Å². The van der Waals surface area contributed by atoms with Gasteiger partial charge in [0.05, 0.1) is 0 Å². The zero-order valence-corrected chi connectivity index (χ0v) is 5.14. The number of carbonyl (C=O) groups is 1. The van der Waals surface area contributed by atoms with E-state index in [0.29, 0.717) is 6.41 Å². The largest absolute Gasteiger partial charge is 0.277 e. The first-order valence-corrected chi connectivity index (χ1v) is 2.61. The fourth-order valence-corrected chi connectivity index (χ4v) is 0.472. The Hall–Kier alpha value is -1.49. The van der Waals surface area contributed by atoms with Gasteiger partial charge in [0.2, 0.25) is 12.4 Å². The van der Waals surface area contributed by atoms with Crippen molar-refractivity contribution >= 4 is 12.4 Å². The maximum Gasteiger partial charge on any atom is 0.246 e. The van der Waals surface area contributed by atoms with Gasteiger partial charge in [-0.25, -0.2) is 20.8 Å². The number of aromatic nitrogens is 2. The van der Waals surface area contributed by atoms with E-state index in [-0.39, 0.29) is 5.95 Å². The third kappa shape index (κ3) is 1.26. The number of nitrogens with two attached hydrogens (primary N) is 1. The minimum atomic E-state index is 0.192. The van der Waals surface area contributed by atoms with Crippen LogP contribution in [0.4, 0.5) is 5.95 Å². The third-order valence-corrected chi connectivity index (χ3v) is 0.897. The van der Waals surface area contributed by atoms with E-state index in [0.717, 1.165) is 5.01 Å². The second-order valence-corrected chi connectivity index (χ2v) is 1.56. The van der Waals surface area contributed by atoms with Gasteiger partial charge in [-0.2, -0.15) is 0 Å². The molecular weight excluding hydrogens is 132 g/mol. The van der Waals surface area contributed by atoms with Crippen molar-refractivity contribution in [2.24, 2.45) is 5.84 Å². The van der Waals surface area contributed by atoms with Crippen LogP contribution in [0.1, 0.15) is 0 Å². The first kappa shape index (κ1) is 6.63. The van der Waals surface area contributed by atoms with Crippen molar-refractivity contribution in [2.45, 2.75) is 0 Å². The second kappa shape index (κ2) is 2.88. The molecule has 0 aliphatic rings. The minimum absolute atomic E-state index is 0.192. The summed E-state index contributed by atoms with van der Waals surface area (Å²) < 4.78 is 0. The average molecular weight is 138 g/mol. The Bertz CT molecular complexity index is 212. The van der Waals surface area contributed by atoms with Crippen molar-refractivity contribution < 1.29 is 4.79 Å². The number of rotatable bonds is 2. The Morgan fingerprint density at radius 1 is 1.50 bits per heavy atom. The summed E-state index contributed by atoms with van der Waals surface area (Å²) in [5.74, 6) is 5.33. The van der Waals surface area contributed by atoms with Crippen LogP contribution in [0.5, 0.6) is 0 Å². The summed E-state index contributed by atoms with van der Waals surface area (Å²) in [6.45, 7) is 0. The first-order valence-electron chi connectivity index (χ1n) is 2.61. The predicted octanol–water partition coefficient (Wildman–Crippen LogP) is -0.687. The van der Waals surface area contributed by atoms with Crippen molar-refractivity contribution in [1.29, 1.82) is 0 Å². The summed E-state index contributed by atoms with van der Waals surface area (Å²) in [5, 5.41) is 0.806. The van der Waals surface area contributed by atoms with Crippen LogP contribution in [0.25, 0.3) is 0 Å². The zero-order valence-electron chi connectivity index (χ0n) is 5.14. The van der Waals surface area contributed by atoms with Gasteiger partial charge < -0.3 is 0 Å².